The topological polar surface area (TPSA) is 29.5 Å². The second kappa shape index (κ2) is 8.82. The minimum atomic E-state index is -0.0522. The molecule has 1 aliphatic rings. The number of ether oxygens (including phenoxy) is 1. The number of hydrogen-bond acceptors (Lipinski definition) is 3. The third-order valence-electron chi connectivity index (χ3n) is 5.01. The van der Waals surface area contributed by atoms with Gasteiger partial charge in [-0.15, -0.1) is 0 Å². The summed E-state index contributed by atoms with van der Waals surface area (Å²) in [6, 6.07) is 21.7. The van der Waals surface area contributed by atoms with Crippen LogP contribution in [0.3, 0.4) is 0 Å². The van der Waals surface area contributed by atoms with Gasteiger partial charge >= 0.3 is 5.97 Å². The lowest BCUT2D eigenvalue weighted by molar-refractivity contribution is -0.144. The van der Waals surface area contributed by atoms with Gasteiger partial charge in [0.25, 0.3) is 0 Å². The summed E-state index contributed by atoms with van der Waals surface area (Å²) < 4.78 is 5.11. The molecule has 0 aliphatic carbocycles. The first kappa shape index (κ1) is 17.7. The molecule has 1 saturated heterocycles. The van der Waals surface area contributed by atoms with Gasteiger partial charge in [0, 0.05) is 6.42 Å². The SMILES string of the molecule is CCOC(=O)CC1CCN(C(c2ccccc2)c2ccccc2)CC1. The number of nitrogens with zero attached hydrogens (tertiary/aromatic N) is 1. The first-order chi connectivity index (χ1) is 12.3. The number of carbonyl (C=O) groups is 1. The molecular weight excluding hydrogens is 310 g/mol. The van der Waals surface area contributed by atoms with Crippen LogP contribution in [0.5, 0.6) is 0 Å². The summed E-state index contributed by atoms with van der Waals surface area (Å²) in [5.74, 6) is 0.395. The van der Waals surface area contributed by atoms with Crippen molar-refractivity contribution in [2.24, 2.45) is 5.92 Å². The highest BCUT2D eigenvalue weighted by molar-refractivity contribution is 5.69. The van der Waals surface area contributed by atoms with Crippen LogP contribution in [0.1, 0.15) is 43.4 Å². The summed E-state index contributed by atoms with van der Waals surface area (Å²) in [6.45, 7) is 4.36. The number of benzene rings is 2. The highest BCUT2D eigenvalue weighted by Crippen LogP contribution is 2.33. The van der Waals surface area contributed by atoms with Crippen molar-refractivity contribution in [3.05, 3.63) is 71.8 Å². The maximum Gasteiger partial charge on any atom is 0.306 e. The van der Waals surface area contributed by atoms with Gasteiger partial charge < -0.3 is 4.74 Å². The van der Waals surface area contributed by atoms with Crippen LogP contribution < -0.4 is 0 Å². The zero-order valence-corrected chi connectivity index (χ0v) is 14.9. The van der Waals surface area contributed by atoms with Crippen molar-refractivity contribution in [1.29, 1.82) is 0 Å². The fraction of sp³-hybridized carbons (Fsp3) is 0.409. The lowest BCUT2D eigenvalue weighted by Gasteiger charge is -2.38. The summed E-state index contributed by atoms with van der Waals surface area (Å²) >= 11 is 0. The highest BCUT2D eigenvalue weighted by Gasteiger charge is 2.28. The lowest BCUT2D eigenvalue weighted by atomic mass is 9.89. The molecule has 3 heteroatoms. The molecule has 1 aliphatic heterocycles. The smallest absolute Gasteiger partial charge is 0.306 e. The van der Waals surface area contributed by atoms with E-state index in [4.69, 9.17) is 4.74 Å². The standard InChI is InChI=1S/C22H27NO2/c1-2-25-21(24)17-18-13-15-23(16-14-18)22(19-9-5-3-6-10-19)20-11-7-4-8-12-20/h3-12,18,22H,2,13-17H2,1H3. The van der Waals surface area contributed by atoms with Gasteiger partial charge in [0.05, 0.1) is 12.6 Å². The molecule has 0 spiro atoms. The van der Waals surface area contributed by atoms with Crippen LogP contribution in [0, 0.1) is 5.92 Å². The molecule has 0 amide bonds. The van der Waals surface area contributed by atoms with E-state index >= 15 is 0 Å². The zero-order valence-electron chi connectivity index (χ0n) is 14.9. The minimum Gasteiger partial charge on any atom is -0.466 e. The quantitative estimate of drug-likeness (QED) is 0.730. The van der Waals surface area contributed by atoms with Crippen molar-refractivity contribution in [3.63, 3.8) is 0 Å². The van der Waals surface area contributed by atoms with Gasteiger partial charge in [0.2, 0.25) is 0 Å². The monoisotopic (exact) mass is 337 g/mol. The Kier molecular flexibility index (Phi) is 6.24. The predicted molar refractivity (Wildman–Crippen MR) is 100 cm³/mol. The van der Waals surface area contributed by atoms with Gasteiger partial charge in [-0.25, -0.2) is 0 Å². The Balaban J connectivity index is 1.70. The first-order valence-electron chi connectivity index (χ1n) is 9.27. The molecule has 0 radical (unpaired) electrons. The number of carbonyl (C=O) groups excluding carboxylic acids is 1. The molecule has 0 aromatic heterocycles. The molecule has 2 aromatic rings. The second-order valence-corrected chi connectivity index (χ2v) is 6.71. The number of rotatable bonds is 6. The second-order valence-electron chi connectivity index (χ2n) is 6.71. The van der Waals surface area contributed by atoms with Gasteiger partial charge in [-0.1, -0.05) is 60.7 Å². The van der Waals surface area contributed by atoms with Crippen molar-refractivity contribution in [2.45, 2.75) is 32.2 Å². The Hall–Kier alpha value is -2.13. The highest BCUT2D eigenvalue weighted by atomic mass is 16.5. The Bertz CT molecular complexity index is 609. The van der Waals surface area contributed by atoms with Crippen LogP contribution in [0.25, 0.3) is 0 Å². The maximum absolute atomic E-state index is 11.7. The fourth-order valence-corrected chi connectivity index (χ4v) is 3.76. The molecule has 25 heavy (non-hydrogen) atoms. The minimum absolute atomic E-state index is 0.0522. The predicted octanol–water partition coefficient (Wildman–Crippen LogP) is 4.44. The number of hydrogen-bond donors (Lipinski definition) is 0. The van der Waals surface area contributed by atoms with E-state index < -0.39 is 0 Å². The van der Waals surface area contributed by atoms with Crippen LogP contribution in [0.4, 0.5) is 0 Å². The van der Waals surface area contributed by atoms with Crippen LogP contribution in [-0.4, -0.2) is 30.6 Å². The third-order valence-corrected chi connectivity index (χ3v) is 5.01. The average Bonchev–Trinajstić information content (AvgIpc) is 2.65. The lowest BCUT2D eigenvalue weighted by Crippen LogP contribution is -2.37. The van der Waals surface area contributed by atoms with Crippen molar-refractivity contribution < 1.29 is 9.53 Å². The Labute approximate surface area is 150 Å². The van der Waals surface area contributed by atoms with Crippen LogP contribution >= 0.6 is 0 Å². The molecule has 3 rings (SSSR count). The van der Waals surface area contributed by atoms with Crippen LogP contribution in [0.2, 0.25) is 0 Å². The number of likely N-dealkylation sites (tertiary alicyclic amines) is 1. The molecule has 0 N–H and O–H groups in total. The van der Waals surface area contributed by atoms with Crippen molar-refractivity contribution in [2.75, 3.05) is 19.7 Å². The Morgan fingerprint density at radius 1 is 1.00 bits per heavy atom. The fourth-order valence-electron chi connectivity index (χ4n) is 3.76. The van der Waals surface area contributed by atoms with E-state index in [9.17, 15) is 4.79 Å². The van der Waals surface area contributed by atoms with Gasteiger partial charge in [0.1, 0.15) is 0 Å². The van der Waals surface area contributed by atoms with E-state index in [0.29, 0.717) is 18.9 Å². The van der Waals surface area contributed by atoms with Gasteiger partial charge in [-0.3, -0.25) is 9.69 Å². The summed E-state index contributed by atoms with van der Waals surface area (Å²) in [4.78, 5) is 14.3. The molecule has 0 atom stereocenters. The first-order valence-corrected chi connectivity index (χ1v) is 9.27. The molecule has 3 nitrogen and oxygen atoms in total. The molecule has 0 bridgehead atoms. The van der Waals surface area contributed by atoms with Crippen molar-refractivity contribution >= 4 is 5.97 Å². The Morgan fingerprint density at radius 3 is 2.00 bits per heavy atom. The number of piperidine rings is 1. The zero-order chi connectivity index (χ0) is 17.5. The molecule has 1 fully saturated rings. The molecule has 2 aromatic carbocycles. The summed E-state index contributed by atoms with van der Waals surface area (Å²) in [5, 5.41) is 0. The van der Waals surface area contributed by atoms with E-state index in [1.165, 1.54) is 11.1 Å². The van der Waals surface area contributed by atoms with Crippen LogP contribution in [0.15, 0.2) is 60.7 Å². The van der Waals surface area contributed by atoms with E-state index in [0.717, 1.165) is 25.9 Å². The van der Waals surface area contributed by atoms with E-state index in [2.05, 4.69) is 65.6 Å². The largest absolute Gasteiger partial charge is 0.466 e. The maximum atomic E-state index is 11.7. The van der Waals surface area contributed by atoms with Crippen molar-refractivity contribution in [3.8, 4) is 0 Å². The third kappa shape index (κ3) is 4.70. The summed E-state index contributed by atoms with van der Waals surface area (Å²) in [5.41, 5.74) is 2.66. The van der Waals surface area contributed by atoms with Gasteiger partial charge in [-0.05, 0) is 49.9 Å². The summed E-state index contributed by atoms with van der Waals surface area (Å²) in [6.07, 6.45) is 2.66. The van der Waals surface area contributed by atoms with E-state index in [-0.39, 0.29) is 12.0 Å². The molecule has 1 heterocycles. The molecule has 132 valence electrons. The van der Waals surface area contributed by atoms with Crippen LogP contribution in [-0.2, 0) is 9.53 Å². The van der Waals surface area contributed by atoms with Gasteiger partial charge in [-0.2, -0.15) is 0 Å². The molecule has 0 saturated carbocycles. The molecule has 0 unspecified atom stereocenters. The Morgan fingerprint density at radius 2 is 1.52 bits per heavy atom. The van der Waals surface area contributed by atoms with E-state index in [1.807, 2.05) is 6.92 Å². The van der Waals surface area contributed by atoms with Crippen molar-refractivity contribution in [1.82, 2.24) is 4.90 Å². The normalized spacial score (nSPS) is 16.1. The summed E-state index contributed by atoms with van der Waals surface area (Å²) in [7, 11) is 0. The van der Waals surface area contributed by atoms with E-state index in [1.54, 1.807) is 0 Å². The molecular formula is C22H27NO2. The number of esters is 1. The van der Waals surface area contributed by atoms with Gasteiger partial charge in [0.15, 0.2) is 0 Å². The average molecular weight is 337 g/mol.